The topological polar surface area (TPSA) is 145 Å². The van der Waals surface area contributed by atoms with Gasteiger partial charge in [-0.25, -0.2) is 23.3 Å². The number of urea groups is 2. The van der Waals surface area contributed by atoms with E-state index in [2.05, 4.69) is 21.3 Å². The molecule has 0 aromatic heterocycles. The van der Waals surface area contributed by atoms with Crippen molar-refractivity contribution in [3.8, 4) is 6.07 Å². The van der Waals surface area contributed by atoms with Gasteiger partial charge in [-0.05, 0) is 67.5 Å². The molecular formula is C32H35F2N5O6. The van der Waals surface area contributed by atoms with E-state index in [-0.39, 0.29) is 30.0 Å². The number of aliphatic hydroxyl groups is 1. The number of nitrogens with one attached hydrogen (secondary N) is 1. The Morgan fingerprint density at radius 2 is 1.82 bits per heavy atom. The number of nitrogens with zero attached hydrogens (tertiary/aromatic N) is 4. The fraction of sp³-hybridized carbons (Fsp3) is 0.469. The molecular weight excluding hydrogens is 588 g/mol. The fourth-order valence-electron chi connectivity index (χ4n) is 6.68. The van der Waals surface area contributed by atoms with Crippen LogP contribution in [0, 0.1) is 28.9 Å². The maximum Gasteiger partial charge on any atom is 0.352 e. The summed E-state index contributed by atoms with van der Waals surface area (Å²) in [6.45, 7) is 0.967. The first-order valence-electron chi connectivity index (χ1n) is 14.8. The van der Waals surface area contributed by atoms with Crippen LogP contribution in [0.4, 0.5) is 18.4 Å². The third kappa shape index (κ3) is 6.58. The van der Waals surface area contributed by atoms with Crippen molar-refractivity contribution < 1.29 is 37.7 Å². The van der Waals surface area contributed by atoms with Crippen LogP contribution in [0.3, 0.4) is 0 Å². The van der Waals surface area contributed by atoms with Crippen LogP contribution in [-0.2, 0) is 19.9 Å². The van der Waals surface area contributed by atoms with Gasteiger partial charge in [-0.1, -0.05) is 18.2 Å². The summed E-state index contributed by atoms with van der Waals surface area (Å²) in [5.74, 6) is -4.46. The van der Waals surface area contributed by atoms with Crippen LogP contribution in [0.1, 0.15) is 54.8 Å². The summed E-state index contributed by atoms with van der Waals surface area (Å²) >= 11 is 0. The van der Waals surface area contributed by atoms with Crippen molar-refractivity contribution in [2.75, 3.05) is 33.9 Å². The summed E-state index contributed by atoms with van der Waals surface area (Å²) in [7, 11) is 2.48. The van der Waals surface area contributed by atoms with E-state index < -0.39 is 47.2 Å². The lowest BCUT2D eigenvalue weighted by Gasteiger charge is -2.40. The van der Waals surface area contributed by atoms with Crippen molar-refractivity contribution in [3.63, 3.8) is 0 Å². The summed E-state index contributed by atoms with van der Waals surface area (Å²) in [4.78, 5) is 46.9. The van der Waals surface area contributed by atoms with E-state index >= 15 is 0 Å². The lowest BCUT2D eigenvalue weighted by Crippen LogP contribution is -2.55. The molecule has 3 aliphatic rings. The van der Waals surface area contributed by atoms with Gasteiger partial charge in [-0.2, -0.15) is 10.3 Å². The number of aliphatic imine (C=N–C) groups is 1. The predicted molar refractivity (Wildman–Crippen MR) is 157 cm³/mol. The highest BCUT2D eigenvalue weighted by Gasteiger charge is 2.48. The zero-order valence-electron chi connectivity index (χ0n) is 25.0. The Morgan fingerprint density at radius 1 is 1.11 bits per heavy atom. The maximum absolute atomic E-state index is 14.4. The molecule has 3 atom stereocenters. The number of hydrogen-bond acceptors (Lipinski definition) is 8. The van der Waals surface area contributed by atoms with Crippen LogP contribution in [0.15, 0.2) is 47.5 Å². The normalized spacial score (nSPS) is 27.1. The van der Waals surface area contributed by atoms with E-state index in [0.717, 1.165) is 42.5 Å². The molecule has 2 fully saturated rings. The molecule has 5 rings (SSSR count). The molecule has 1 aliphatic carbocycles. The average Bonchev–Trinajstić information content (AvgIpc) is 3.50. The van der Waals surface area contributed by atoms with Gasteiger partial charge < -0.3 is 19.9 Å². The second-order valence-corrected chi connectivity index (χ2v) is 11.7. The second-order valence-electron chi connectivity index (χ2n) is 11.7. The van der Waals surface area contributed by atoms with Crippen molar-refractivity contribution in [2.45, 2.75) is 55.8 Å². The second kappa shape index (κ2) is 13.4. The zero-order chi connectivity index (χ0) is 32.3. The Balaban J connectivity index is 1.29. The van der Waals surface area contributed by atoms with Gasteiger partial charge >= 0.3 is 18.0 Å². The van der Waals surface area contributed by atoms with Gasteiger partial charge in [-0.15, -0.1) is 0 Å². The average molecular weight is 624 g/mol. The molecule has 0 spiro atoms. The van der Waals surface area contributed by atoms with E-state index in [1.807, 2.05) is 0 Å². The minimum atomic E-state index is -1.36. The number of ether oxygens (including phenoxy) is 2. The van der Waals surface area contributed by atoms with Crippen molar-refractivity contribution in [3.05, 3.63) is 70.8 Å². The van der Waals surface area contributed by atoms with Crippen LogP contribution < -0.4 is 5.32 Å². The van der Waals surface area contributed by atoms with E-state index in [1.54, 1.807) is 24.3 Å². The lowest BCUT2D eigenvalue weighted by atomic mass is 9.77. The maximum atomic E-state index is 14.4. The summed E-state index contributed by atoms with van der Waals surface area (Å²) < 4.78 is 38.3. The Hall–Kier alpha value is -4.25. The molecule has 4 amide bonds. The van der Waals surface area contributed by atoms with Crippen LogP contribution in [0.25, 0.3) is 0 Å². The zero-order valence-corrected chi connectivity index (χ0v) is 25.0. The minimum Gasteiger partial charge on any atom is -0.468 e. The molecule has 0 radical (unpaired) electrons. The molecule has 11 nitrogen and oxygen atoms in total. The Labute approximate surface area is 259 Å². The predicted octanol–water partition coefficient (Wildman–Crippen LogP) is 3.80. The number of nitriles is 1. The van der Waals surface area contributed by atoms with Gasteiger partial charge in [0.05, 0.1) is 42.7 Å². The van der Waals surface area contributed by atoms with Gasteiger partial charge in [0.25, 0.3) is 0 Å². The Morgan fingerprint density at radius 3 is 2.44 bits per heavy atom. The molecule has 1 saturated heterocycles. The van der Waals surface area contributed by atoms with E-state index in [1.165, 1.54) is 13.2 Å². The van der Waals surface area contributed by atoms with Crippen molar-refractivity contribution in [2.24, 2.45) is 10.9 Å². The van der Waals surface area contributed by atoms with E-state index in [0.29, 0.717) is 37.9 Å². The third-order valence-corrected chi connectivity index (χ3v) is 9.05. The van der Waals surface area contributed by atoms with E-state index in [4.69, 9.17) is 14.7 Å². The first-order valence-corrected chi connectivity index (χ1v) is 14.8. The number of methoxy groups -OCH3 is 2. The molecule has 2 aromatic carbocycles. The number of carbonyl (C=O) groups is 3. The Kier molecular flexibility index (Phi) is 9.57. The number of esters is 1. The number of likely N-dealkylation sites (tertiary alicyclic amines) is 1. The van der Waals surface area contributed by atoms with Crippen LogP contribution in [0.2, 0.25) is 0 Å². The van der Waals surface area contributed by atoms with Crippen LogP contribution >= 0.6 is 0 Å². The SMILES string of the molecule is COCC1=NC(=O)N(C(=O)N[C@@H]2CCN(C3CCC(O)(c4ccc(C#N)cc4)CC3)C2)[C@@H](c2ccc(F)c(F)c2)C1C(=O)OC. The number of rotatable bonds is 7. The number of benzene rings is 2. The molecule has 13 heteroatoms. The molecule has 2 aliphatic heterocycles. The number of amides is 4. The highest BCUT2D eigenvalue weighted by Crippen LogP contribution is 2.40. The molecule has 1 unspecified atom stereocenters. The third-order valence-electron chi connectivity index (χ3n) is 9.05. The molecule has 2 heterocycles. The fourth-order valence-corrected chi connectivity index (χ4v) is 6.68. The van der Waals surface area contributed by atoms with Gasteiger partial charge in [-0.3, -0.25) is 9.69 Å². The van der Waals surface area contributed by atoms with Crippen LogP contribution in [0.5, 0.6) is 0 Å². The van der Waals surface area contributed by atoms with Crippen LogP contribution in [-0.4, -0.2) is 84.6 Å². The summed E-state index contributed by atoms with van der Waals surface area (Å²) in [5.41, 5.74) is 0.362. The summed E-state index contributed by atoms with van der Waals surface area (Å²) in [6.07, 6.45) is 3.16. The van der Waals surface area contributed by atoms with Crippen molar-refractivity contribution >= 4 is 23.7 Å². The van der Waals surface area contributed by atoms with Gasteiger partial charge in [0.15, 0.2) is 11.6 Å². The number of imide groups is 1. The minimum absolute atomic E-state index is 0.00145. The number of halogens is 2. The highest BCUT2D eigenvalue weighted by atomic mass is 19.2. The molecule has 2 N–H and O–H groups in total. The molecule has 45 heavy (non-hydrogen) atoms. The highest BCUT2D eigenvalue weighted by molar-refractivity contribution is 6.12. The molecule has 1 saturated carbocycles. The number of hydrogen-bond donors (Lipinski definition) is 2. The Bertz CT molecular complexity index is 1520. The standard InChI is InChI=1S/C32H35F2N5O6/c1-44-18-26-27(29(40)45-2)28(20-5-8-24(33)25(34)15-20)39(31(42)37-26)30(41)36-22-11-14-38(17-22)23-9-12-32(43,13-10-23)21-6-3-19(16-35)4-7-21/h3-8,15,22-23,27-28,43H,9-14,17-18H2,1-2H3,(H,36,41)/t22-,23?,27?,28+,32?/m1/s1. The van der Waals surface area contributed by atoms with Crippen molar-refractivity contribution in [1.29, 1.82) is 5.26 Å². The number of carbonyl (C=O) groups excluding carboxylic acids is 3. The first kappa shape index (κ1) is 32.2. The van der Waals surface area contributed by atoms with Gasteiger partial charge in [0, 0.05) is 32.3 Å². The van der Waals surface area contributed by atoms with Gasteiger partial charge in [0.1, 0.15) is 5.92 Å². The molecule has 0 bridgehead atoms. The lowest BCUT2D eigenvalue weighted by molar-refractivity contribution is -0.144. The van der Waals surface area contributed by atoms with E-state index in [9.17, 15) is 28.3 Å². The van der Waals surface area contributed by atoms with Gasteiger partial charge in [0.2, 0.25) is 0 Å². The molecule has 2 aromatic rings. The quantitative estimate of drug-likeness (QED) is 0.443. The van der Waals surface area contributed by atoms with Crippen molar-refractivity contribution in [1.82, 2.24) is 15.1 Å². The smallest absolute Gasteiger partial charge is 0.352 e. The molecule has 238 valence electrons. The summed E-state index contributed by atoms with van der Waals surface area (Å²) in [6, 6.07) is 8.69. The first-order chi connectivity index (χ1) is 21.6. The summed E-state index contributed by atoms with van der Waals surface area (Å²) in [5, 5.41) is 23.2. The largest absolute Gasteiger partial charge is 0.468 e. The monoisotopic (exact) mass is 623 g/mol.